The molecule has 0 unspecified atom stereocenters. The van der Waals surface area contributed by atoms with Crippen LogP contribution in [0.25, 0.3) is 21.8 Å². The molecule has 6 nitrogen and oxygen atoms in total. The van der Waals surface area contributed by atoms with E-state index in [1.54, 1.807) is 68.7 Å². The van der Waals surface area contributed by atoms with Crippen molar-refractivity contribution in [2.75, 3.05) is 0 Å². The smallest absolute Gasteiger partial charge is 0.258 e. The summed E-state index contributed by atoms with van der Waals surface area (Å²) in [4.78, 5) is 27.1. The Morgan fingerprint density at radius 3 is 1.56 bits per heavy atom. The van der Waals surface area contributed by atoms with Gasteiger partial charge in [-0.3, -0.25) is 9.59 Å². The highest BCUT2D eigenvalue weighted by molar-refractivity contribution is 5.89. The van der Waals surface area contributed by atoms with E-state index in [9.17, 15) is 19.8 Å². The Hall–Kier alpha value is -4.39. The molecule has 0 saturated carbocycles. The molecule has 3 aromatic carbocycles. The number of fused-ring (bicyclic) bond motifs is 2. The first-order valence-electron chi connectivity index (χ1n) is 10.7. The van der Waals surface area contributed by atoms with Crippen molar-refractivity contribution in [2.45, 2.75) is 5.92 Å². The van der Waals surface area contributed by atoms with Gasteiger partial charge in [0.1, 0.15) is 17.3 Å². The summed E-state index contributed by atoms with van der Waals surface area (Å²) < 4.78 is 17.9. The van der Waals surface area contributed by atoms with Crippen molar-refractivity contribution in [1.29, 1.82) is 0 Å². The summed E-state index contributed by atoms with van der Waals surface area (Å²) >= 11 is 0. The fourth-order valence-corrected chi connectivity index (χ4v) is 4.69. The van der Waals surface area contributed by atoms with Gasteiger partial charge in [-0.2, -0.15) is 0 Å². The summed E-state index contributed by atoms with van der Waals surface area (Å²) in [7, 11) is 3.09. The number of rotatable bonds is 3. The molecule has 2 N–H and O–H groups in total. The topological polar surface area (TPSA) is 84.5 Å². The highest BCUT2D eigenvalue weighted by atomic mass is 19.1. The van der Waals surface area contributed by atoms with Gasteiger partial charge < -0.3 is 19.3 Å². The highest BCUT2D eigenvalue weighted by Crippen LogP contribution is 2.42. The lowest BCUT2D eigenvalue weighted by Crippen LogP contribution is -2.30. The van der Waals surface area contributed by atoms with Crippen molar-refractivity contribution in [3.63, 3.8) is 0 Å². The van der Waals surface area contributed by atoms with Crippen LogP contribution < -0.4 is 11.1 Å². The summed E-state index contributed by atoms with van der Waals surface area (Å²) in [6, 6.07) is 19.3. The van der Waals surface area contributed by atoms with Crippen LogP contribution in [-0.2, 0) is 14.1 Å². The number of hydrogen-bond acceptors (Lipinski definition) is 4. The SMILES string of the molecule is Cn1c(=O)c(C(c2ccccc2F)c2c(O)c3ccccc3n(C)c2=O)c(O)c2ccccc21. The van der Waals surface area contributed by atoms with Crippen LogP contribution in [0.3, 0.4) is 0 Å². The molecule has 0 saturated heterocycles. The van der Waals surface area contributed by atoms with Gasteiger partial charge in [-0.05, 0) is 30.3 Å². The lowest BCUT2D eigenvalue weighted by atomic mass is 9.83. The molecule has 0 bridgehead atoms. The quantitative estimate of drug-likeness (QED) is 0.428. The first kappa shape index (κ1) is 21.5. The number of aromatic hydroxyl groups is 2. The van der Waals surface area contributed by atoms with Gasteiger partial charge in [-0.1, -0.05) is 42.5 Å². The van der Waals surface area contributed by atoms with Crippen LogP contribution in [0.1, 0.15) is 22.6 Å². The van der Waals surface area contributed by atoms with E-state index in [0.29, 0.717) is 21.8 Å². The molecule has 2 aromatic heterocycles. The molecule has 0 amide bonds. The molecular weight excluding hydrogens is 435 g/mol. The molecule has 0 fully saturated rings. The number of aryl methyl sites for hydroxylation is 2. The molecule has 5 rings (SSSR count). The maximum absolute atomic E-state index is 15.2. The molecular formula is C27H21FN2O4. The first-order valence-corrected chi connectivity index (χ1v) is 10.7. The van der Waals surface area contributed by atoms with Gasteiger partial charge in [0.2, 0.25) is 0 Å². The molecule has 2 heterocycles. The van der Waals surface area contributed by atoms with E-state index in [1.807, 2.05) is 0 Å². The minimum atomic E-state index is -1.35. The Morgan fingerprint density at radius 2 is 1.09 bits per heavy atom. The Kier molecular flexibility index (Phi) is 4.97. The molecule has 0 atom stereocenters. The van der Waals surface area contributed by atoms with Crippen LogP contribution >= 0.6 is 0 Å². The zero-order valence-corrected chi connectivity index (χ0v) is 18.5. The summed E-state index contributed by atoms with van der Waals surface area (Å²) in [6.45, 7) is 0. The molecule has 0 spiro atoms. The van der Waals surface area contributed by atoms with E-state index in [4.69, 9.17) is 0 Å². The van der Waals surface area contributed by atoms with Gasteiger partial charge in [-0.25, -0.2) is 4.39 Å². The number of para-hydroxylation sites is 2. The van der Waals surface area contributed by atoms with Crippen LogP contribution in [-0.4, -0.2) is 19.3 Å². The molecule has 0 radical (unpaired) electrons. The summed E-state index contributed by atoms with van der Waals surface area (Å²) in [5, 5.41) is 23.3. The van der Waals surface area contributed by atoms with E-state index in [1.165, 1.54) is 27.3 Å². The van der Waals surface area contributed by atoms with Crippen molar-refractivity contribution in [2.24, 2.45) is 14.1 Å². The molecule has 34 heavy (non-hydrogen) atoms. The predicted molar refractivity (Wildman–Crippen MR) is 129 cm³/mol. The Morgan fingerprint density at radius 1 is 0.676 bits per heavy atom. The second-order valence-electron chi connectivity index (χ2n) is 8.24. The van der Waals surface area contributed by atoms with E-state index >= 15 is 4.39 Å². The minimum Gasteiger partial charge on any atom is -0.507 e. The van der Waals surface area contributed by atoms with Gasteiger partial charge in [0.15, 0.2) is 0 Å². The third-order valence-corrected chi connectivity index (χ3v) is 6.41. The first-order chi connectivity index (χ1) is 16.3. The maximum Gasteiger partial charge on any atom is 0.258 e. The lowest BCUT2D eigenvalue weighted by molar-refractivity contribution is 0.459. The normalized spacial score (nSPS) is 11.5. The van der Waals surface area contributed by atoms with E-state index in [0.717, 1.165) is 0 Å². The predicted octanol–water partition coefficient (Wildman–Crippen LogP) is 4.12. The van der Waals surface area contributed by atoms with E-state index in [-0.39, 0.29) is 28.2 Å². The van der Waals surface area contributed by atoms with Gasteiger partial charge in [0.25, 0.3) is 11.1 Å². The Balaban J connectivity index is 2.00. The standard InChI is InChI=1S/C27H21FN2O4/c1-29-19-13-7-4-10-16(19)24(31)22(26(29)33)21(15-9-3-6-12-18(15)28)23-25(32)17-11-5-8-14-20(17)30(2)27(23)34/h3-14,21,31-32H,1-2H3. The van der Waals surface area contributed by atoms with Gasteiger partial charge in [0, 0.05) is 30.4 Å². The molecule has 7 heteroatoms. The monoisotopic (exact) mass is 456 g/mol. The average molecular weight is 456 g/mol. The second-order valence-corrected chi connectivity index (χ2v) is 8.24. The van der Waals surface area contributed by atoms with Crippen LogP contribution in [0.15, 0.2) is 82.4 Å². The number of aromatic nitrogens is 2. The number of nitrogens with zero attached hydrogens (tertiary/aromatic N) is 2. The van der Waals surface area contributed by atoms with Crippen molar-refractivity contribution >= 4 is 21.8 Å². The van der Waals surface area contributed by atoms with Crippen LogP contribution in [0.4, 0.5) is 4.39 Å². The Labute approximate surface area is 193 Å². The largest absolute Gasteiger partial charge is 0.507 e. The number of halogens is 1. The zero-order chi connectivity index (χ0) is 24.1. The van der Waals surface area contributed by atoms with Crippen molar-refractivity contribution in [3.05, 3.63) is 116 Å². The van der Waals surface area contributed by atoms with Crippen molar-refractivity contribution in [3.8, 4) is 11.5 Å². The Bertz CT molecular complexity index is 1610. The van der Waals surface area contributed by atoms with Crippen molar-refractivity contribution < 1.29 is 14.6 Å². The third-order valence-electron chi connectivity index (χ3n) is 6.41. The molecule has 5 aromatic rings. The van der Waals surface area contributed by atoms with Gasteiger partial charge in [-0.15, -0.1) is 0 Å². The second kappa shape index (κ2) is 7.88. The molecule has 0 aliphatic rings. The molecule has 0 aliphatic carbocycles. The maximum atomic E-state index is 15.2. The van der Waals surface area contributed by atoms with Crippen LogP contribution in [0.5, 0.6) is 11.5 Å². The zero-order valence-electron chi connectivity index (χ0n) is 18.5. The van der Waals surface area contributed by atoms with Crippen LogP contribution in [0, 0.1) is 5.82 Å². The van der Waals surface area contributed by atoms with E-state index < -0.39 is 22.9 Å². The van der Waals surface area contributed by atoms with Crippen LogP contribution in [0.2, 0.25) is 0 Å². The van der Waals surface area contributed by atoms with Gasteiger partial charge >= 0.3 is 0 Å². The molecule has 170 valence electrons. The van der Waals surface area contributed by atoms with Crippen molar-refractivity contribution in [1.82, 2.24) is 9.13 Å². The third kappa shape index (κ3) is 3.01. The summed E-state index contributed by atoms with van der Waals surface area (Å²) in [5.74, 6) is -2.74. The number of pyridine rings is 2. The van der Waals surface area contributed by atoms with E-state index in [2.05, 4.69) is 0 Å². The summed E-state index contributed by atoms with van der Waals surface area (Å²) in [5.41, 5.74) is -0.609. The van der Waals surface area contributed by atoms with Gasteiger partial charge in [0.05, 0.1) is 28.1 Å². The fourth-order valence-electron chi connectivity index (χ4n) is 4.69. The minimum absolute atomic E-state index is 0.00661. The number of hydrogen-bond donors (Lipinski definition) is 2. The molecule has 0 aliphatic heterocycles. The number of benzene rings is 3. The average Bonchev–Trinajstić information content (AvgIpc) is 2.85. The highest BCUT2D eigenvalue weighted by Gasteiger charge is 2.33. The summed E-state index contributed by atoms with van der Waals surface area (Å²) in [6.07, 6.45) is 0. The lowest BCUT2D eigenvalue weighted by Gasteiger charge is -2.23. The fraction of sp³-hybridized carbons (Fsp3) is 0.111.